The van der Waals surface area contributed by atoms with Gasteiger partial charge in [0.2, 0.25) is 0 Å². The van der Waals surface area contributed by atoms with Gasteiger partial charge in [0.1, 0.15) is 0 Å². The van der Waals surface area contributed by atoms with Gasteiger partial charge in [0.15, 0.2) is 0 Å². The Hall–Kier alpha value is -0.770. The summed E-state index contributed by atoms with van der Waals surface area (Å²) in [5.74, 6) is 0. The Morgan fingerprint density at radius 1 is 1.62 bits per heavy atom. The Morgan fingerprint density at radius 2 is 2.31 bits per heavy atom. The molecule has 2 amide bonds. The van der Waals surface area contributed by atoms with E-state index in [0.717, 1.165) is 13.0 Å². The molecule has 76 valence electrons. The first kappa shape index (κ1) is 10.3. The maximum atomic E-state index is 11.2. The van der Waals surface area contributed by atoms with Gasteiger partial charge in [-0.2, -0.15) is 0 Å². The number of carbonyl (C=O) groups excluding carboxylic acids is 1. The van der Waals surface area contributed by atoms with Crippen LogP contribution >= 0.6 is 0 Å². The van der Waals surface area contributed by atoms with Crippen LogP contribution in [-0.4, -0.2) is 30.7 Å². The predicted octanol–water partition coefficient (Wildman–Crippen LogP) is 0.446. The fourth-order valence-electron chi connectivity index (χ4n) is 1.65. The lowest BCUT2D eigenvalue weighted by Gasteiger charge is -2.27. The molecule has 0 aromatic carbocycles. The Bertz CT molecular complexity index is 191. The molecule has 0 bridgehead atoms. The average molecular weight is 185 g/mol. The summed E-state index contributed by atoms with van der Waals surface area (Å²) in [4.78, 5) is 11.2. The summed E-state index contributed by atoms with van der Waals surface area (Å²) < 4.78 is 0. The number of carbonyl (C=O) groups is 1. The van der Waals surface area contributed by atoms with Crippen molar-refractivity contribution in [2.75, 3.05) is 13.1 Å². The monoisotopic (exact) mass is 185 g/mol. The molecular weight excluding hydrogens is 166 g/mol. The van der Waals surface area contributed by atoms with Crippen LogP contribution in [0.15, 0.2) is 0 Å². The quantitative estimate of drug-likeness (QED) is 0.585. The van der Waals surface area contributed by atoms with Crippen molar-refractivity contribution in [3.05, 3.63) is 0 Å². The van der Waals surface area contributed by atoms with Gasteiger partial charge in [0.25, 0.3) is 0 Å². The molecule has 0 aromatic rings. The van der Waals surface area contributed by atoms with Crippen LogP contribution in [0.25, 0.3) is 0 Å². The first-order valence-electron chi connectivity index (χ1n) is 4.85. The van der Waals surface area contributed by atoms with E-state index in [2.05, 4.69) is 29.8 Å². The van der Waals surface area contributed by atoms with Crippen LogP contribution in [0.1, 0.15) is 27.2 Å². The first-order chi connectivity index (χ1) is 6.06. The maximum absolute atomic E-state index is 11.2. The predicted molar refractivity (Wildman–Crippen MR) is 52.7 cm³/mol. The molecule has 1 heterocycles. The molecule has 0 aromatic heterocycles. The average Bonchev–Trinajstić information content (AvgIpc) is 2.31. The Morgan fingerprint density at radius 3 is 2.77 bits per heavy atom. The SMILES string of the molecule is CCNC(=O)NC1CCNC1(C)C. The summed E-state index contributed by atoms with van der Waals surface area (Å²) in [6.45, 7) is 7.78. The molecule has 1 saturated heterocycles. The fourth-order valence-corrected chi connectivity index (χ4v) is 1.65. The molecule has 13 heavy (non-hydrogen) atoms. The van der Waals surface area contributed by atoms with Gasteiger partial charge in [-0.3, -0.25) is 0 Å². The third-order valence-corrected chi connectivity index (χ3v) is 2.53. The van der Waals surface area contributed by atoms with E-state index in [4.69, 9.17) is 0 Å². The molecule has 1 fully saturated rings. The lowest BCUT2D eigenvalue weighted by molar-refractivity contribution is 0.231. The molecule has 3 N–H and O–H groups in total. The van der Waals surface area contributed by atoms with Gasteiger partial charge in [-0.15, -0.1) is 0 Å². The van der Waals surface area contributed by atoms with Crippen molar-refractivity contribution in [1.29, 1.82) is 0 Å². The van der Waals surface area contributed by atoms with Gasteiger partial charge < -0.3 is 16.0 Å². The molecule has 1 rings (SSSR count). The van der Waals surface area contributed by atoms with E-state index < -0.39 is 0 Å². The third-order valence-electron chi connectivity index (χ3n) is 2.53. The summed E-state index contributed by atoms with van der Waals surface area (Å²) in [5, 5.41) is 9.04. The molecular formula is C9H19N3O. The Kier molecular flexibility index (Phi) is 3.14. The summed E-state index contributed by atoms with van der Waals surface area (Å²) in [5.41, 5.74) is 0.0189. The molecule has 0 aliphatic carbocycles. The second-order valence-corrected chi connectivity index (χ2v) is 3.99. The number of nitrogens with one attached hydrogen (secondary N) is 3. The molecule has 4 heteroatoms. The minimum Gasteiger partial charge on any atom is -0.338 e. The molecule has 4 nitrogen and oxygen atoms in total. The van der Waals surface area contributed by atoms with Gasteiger partial charge in [0, 0.05) is 18.1 Å². The number of hydrogen-bond donors (Lipinski definition) is 3. The molecule has 0 spiro atoms. The van der Waals surface area contributed by atoms with Crippen LogP contribution in [0.5, 0.6) is 0 Å². The van der Waals surface area contributed by atoms with Gasteiger partial charge in [-0.05, 0) is 33.7 Å². The summed E-state index contributed by atoms with van der Waals surface area (Å²) >= 11 is 0. The minimum atomic E-state index is -0.0655. The van der Waals surface area contributed by atoms with Crippen molar-refractivity contribution in [1.82, 2.24) is 16.0 Å². The Balaban J connectivity index is 2.40. The van der Waals surface area contributed by atoms with Crippen molar-refractivity contribution >= 4 is 6.03 Å². The highest BCUT2D eigenvalue weighted by molar-refractivity contribution is 5.74. The van der Waals surface area contributed by atoms with Gasteiger partial charge >= 0.3 is 6.03 Å². The highest BCUT2D eigenvalue weighted by Crippen LogP contribution is 2.17. The molecule has 1 unspecified atom stereocenters. The summed E-state index contributed by atoms with van der Waals surface area (Å²) in [6, 6.07) is 0.170. The van der Waals surface area contributed by atoms with Crippen molar-refractivity contribution in [2.45, 2.75) is 38.8 Å². The summed E-state index contributed by atoms with van der Waals surface area (Å²) in [6.07, 6.45) is 1.00. The van der Waals surface area contributed by atoms with Gasteiger partial charge in [-0.1, -0.05) is 0 Å². The zero-order valence-corrected chi connectivity index (χ0v) is 8.61. The molecule has 0 radical (unpaired) electrons. The highest BCUT2D eigenvalue weighted by atomic mass is 16.2. The fraction of sp³-hybridized carbons (Fsp3) is 0.889. The highest BCUT2D eigenvalue weighted by Gasteiger charge is 2.34. The third kappa shape index (κ3) is 2.59. The lowest BCUT2D eigenvalue weighted by atomic mass is 9.97. The minimum absolute atomic E-state index is 0.0189. The van der Waals surface area contributed by atoms with Crippen molar-refractivity contribution in [3.63, 3.8) is 0 Å². The van der Waals surface area contributed by atoms with E-state index >= 15 is 0 Å². The van der Waals surface area contributed by atoms with Crippen LogP contribution in [-0.2, 0) is 0 Å². The number of rotatable bonds is 2. The second-order valence-electron chi connectivity index (χ2n) is 3.99. The smallest absolute Gasteiger partial charge is 0.315 e. The van der Waals surface area contributed by atoms with Crippen molar-refractivity contribution in [3.8, 4) is 0 Å². The van der Waals surface area contributed by atoms with Gasteiger partial charge in [-0.25, -0.2) is 4.79 Å². The maximum Gasteiger partial charge on any atom is 0.315 e. The molecule has 1 aliphatic heterocycles. The largest absolute Gasteiger partial charge is 0.338 e. The van der Waals surface area contributed by atoms with Crippen molar-refractivity contribution in [2.24, 2.45) is 0 Å². The van der Waals surface area contributed by atoms with Crippen LogP contribution in [0.2, 0.25) is 0 Å². The van der Waals surface area contributed by atoms with E-state index in [1.807, 2.05) is 6.92 Å². The van der Waals surface area contributed by atoms with Crippen molar-refractivity contribution < 1.29 is 4.79 Å². The van der Waals surface area contributed by atoms with E-state index in [1.54, 1.807) is 0 Å². The first-order valence-corrected chi connectivity index (χ1v) is 4.85. The van der Waals surface area contributed by atoms with E-state index in [-0.39, 0.29) is 17.6 Å². The van der Waals surface area contributed by atoms with Crippen LogP contribution < -0.4 is 16.0 Å². The van der Waals surface area contributed by atoms with Crippen LogP contribution in [0.4, 0.5) is 4.79 Å². The van der Waals surface area contributed by atoms with E-state index in [1.165, 1.54) is 0 Å². The second kappa shape index (κ2) is 3.96. The molecule has 1 aliphatic rings. The van der Waals surface area contributed by atoms with E-state index in [0.29, 0.717) is 6.54 Å². The lowest BCUT2D eigenvalue weighted by Crippen LogP contribution is -2.53. The Labute approximate surface area is 79.5 Å². The standard InChI is InChI=1S/C9H19N3O/c1-4-10-8(13)12-7-5-6-11-9(7,2)3/h7,11H,4-6H2,1-3H3,(H2,10,12,13). The number of amides is 2. The topological polar surface area (TPSA) is 53.2 Å². The number of hydrogen-bond acceptors (Lipinski definition) is 2. The van der Waals surface area contributed by atoms with E-state index in [9.17, 15) is 4.79 Å². The number of urea groups is 1. The zero-order chi connectivity index (χ0) is 9.90. The van der Waals surface area contributed by atoms with Crippen LogP contribution in [0.3, 0.4) is 0 Å². The zero-order valence-electron chi connectivity index (χ0n) is 8.61. The molecule has 1 atom stereocenters. The summed E-state index contributed by atoms with van der Waals surface area (Å²) in [7, 11) is 0. The molecule has 0 saturated carbocycles. The normalized spacial score (nSPS) is 25.6. The van der Waals surface area contributed by atoms with Gasteiger partial charge in [0.05, 0.1) is 0 Å². The van der Waals surface area contributed by atoms with Crippen LogP contribution in [0, 0.1) is 0 Å².